The number of nitrogens with two attached hydrogens (primary N) is 1. The fourth-order valence-electron chi connectivity index (χ4n) is 2.50. The van der Waals surface area contributed by atoms with E-state index in [9.17, 15) is 0 Å². The van der Waals surface area contributed by atoms with Crippen molar-refractivity contribution in [3.8, 4) is 16.9 Å². The Labute approximate surface area is 140 Å². The normalized spacial score (nSPS) is 11.8. The summed E-state index contributed by atoms with van der Waals surface area (Å²) in [6, 6.07) is 10.1. The summed E-state index contributed by atoms with van der Waals surface area (Å²) in [5, 5.41) is 4.44. The van der Waals surface area contributed by atoms with Crippen molar-refractivity contribution in [2.45, 2.75) is 30.4 Å². The van der Waals surface area contributed by atoms with Crippen molar-refractivity contribution in [2.24, 2.45) is 0 Å². The molecule has 2 aromatic heterocycles. The first kappa shape index (κ1) is 15.7. The first-order valence-electron chi connectivity index (χ1n) is 7.48. The lowest BCUT2D eigenvalue weighted by Gasteiger charge is -2.17. The van der Waals surface area contributed by atoms with E-state index in [0.29, 0.717) is 11.4 Å². The van der Waals surface area contributed by atoms with Gasteiger partial charge in [-0.1, -0.05) is 26.8 Å². The maximum Gasteiger partial charge on any atom is 0.141 e. The standard InChI is InChI=1S/C18H21N3OS/c1-18(2,3)23-13-7-8-21-16(10-13)14(11-20-21)12-5-6-17(22-4)15(19)9-12/h5-11H,19H2,1-4H3. The topological polar surface area (TPSA) is 52.5 Å². The van der Waals surface area contributed by atoms with E-state index in [1.54, 1.807) is 7.11 Å². The Balaban J connectivity index is 2.07. The number of benzene rings is 1. The van der Waals surface area contributed by atoms with E-state index in [-0.39, 0.29) is 4.75 Å². The number of anilines is 1. The number of nitrogens with zero attached hydrogens (tertiary/aromatic N) is 2. The number of aromatic nitrogens is 2. The van der Waals surface area contributed by atoms with E-state index in [1.807, 2.05) is 46.9 Å². The molecule has 3 aromatic rings. The van der Waals surface area contributed by atoms with E-state index in [0.717, 1.165) is 16.6 Å². The van der Waals surface area contributed by atoms with Crippen molar-refractivity contribution in [3.63, 3.8) is 0 Å². The van der Waals surface area contributed by atoms with E-state index < -0.39 is 0 Å². The van der Waals surface area contributed by atoms with Gasteiger partial charge in [-0.3, -0.25) is 0 Å². The molecule has 2 heterocycles. The Kier molecular flexibility index (Phi) is 3.98. The molecule has 0 aliphatic rings. The molecule has 1 aromatic carbocycles. The lowest BCUT2D eigenvalue weighted by molar-refractivity contribution is 0.417. The number of thioether (sulfide) groups is 1. The first-order valence-corrected chi connectivity index (χ1v) is 8.29. The lowest BCUT2D eigenvalue weighted by Crippen LogP contribution is -2.06. The molecule has 0 bridgehead atoms. The van der Waals surface area contributed by atoms with Crippen molar-refractivity contribution in [1.29, 1.82) is 0 Å². The third-order valence-electron chi connectivity index (χ3n) is 3.46. The number of pyridine rings is 1. The van der Waals surface area contributed by atoms with Gasteiger partial charge >= 0.3 is 0 Å². The number of hydrogen-bond donors (Lipinski definition) is 1. The van der Waals surface area contributed by atoms with Crippen molar-refractivity contribution >= 4 is 23.0 Å². The molecule has 0 aliphatic heterocycles. The molecule has 120 valence electrons. The maximum absolute atomic E-state index is 6.04. The van der Waals surface area contributed by atoms with Crippen LogP contribution in [0.4, 0.5) is 5.69 Å². The number of rotatable bonds is 3. The molecular formula is C18H21N3OS. The van der Waals surface area contributed by atoms with Gasteiger partial charge in [0.1, 0.15) is 5.75 Å². The highest BCUT2D eigenvalue weighted by Crippen LogP contribution is 2.35. The molecule has 3 rings (SSSR count). The van der Waals surface area contributed by atoms with Crippen LogP contribution in [0.15, 0.2) is 47.6 Å². The van der Waals surface area contributed by atoms with Crippen molar-refractivity contribution in [1.82, 2.24) is 9.61 Å². The number of nitrogen functional groups attached to an aromatic ring is 1. The molecular weight excluding hydrogens is 306 g/mol. The smallest absolute Gasteiger partial charge is 0.141 e. The molecule has 0 aliphatic carbocycles. The van der Waals surface area contributed by atoms with Gasteiger partial charge in [-0.15, -0.1) is 11.8 Å². The molecule has 0 saturated carbocycles. The van der Waals surface area contributed by atoms with Gasteiger partial charge in [0.15, 0.2) is 0 Å². The molecule has 4 nitrogen and oxygen atoms in total. The zero-order valence-corrected chi connectivity index (χ0v) is 14.6. The van der Waals surface area contributed by atoms with Gasteiger partial charge in [-0.05, 0) is 29.8 Å². The van der Waals surface area contributed by atoms with Gasteiger partial charge in [0.05, 0.1) is 24.5 Å². The Morgan fingerprint density at radius 3 is 2.61 bits per heavy atom. The summed E-state index contributed by atoms with van der Waals surface area (Å²) < 4.78 is 7.29. The quantitative estimate of drug-likeness (QED) is 0.569. The molecule has 5 heteroatoms. The predicted octanol–water partition coefficient (Wildman–Crippen LogP) is 4.48. The Hall–Kier alpha value is -2.14. The molecule has 0 saturated heterocycles. The average molecular weight is 327 g/mol. The average Bonchev–Trinajstić information content (AvgIpc) is 2.88. The second-order valence-electron chi connectivity index (χ2n) is 6.42. The van der Waals surface area contributed by atoms with E-state index in [4.69, 9.17) is 10.5 Å². The van der Waals surface area contributed by atoms with E-state index in [2.05, 4.69) is 38.0 Å². The van der Waals surface area contributed by atoms with Crippen LogP contribution in [0.1, 0.15) is 20.8 Å². The highest BCUT2D eigenvalue weighted by molar-refractivity contribution is 8.00. The zero-order valence-electron chi connectivity index (χ0n) is 13.8. The third-order valence-corrected chi connectivity index (χ3v) is 4.56. The maximum atomic E-state index is 6.04. The van der Waals surface area contributed by atoms with Crippen LogP contribution in [0.5, 0.6) is 5.75 Å². The van der Waals surface area contributed by atoms with Crippen LogP contribution in [-0.4, -0.2) is 21.5 Å². The molecule has 0 fully saturated rings. The summed E-state index contributed by atoms with van der Waals surface area (Å²) in [5.41, 5.74) is 9.84. The second-order valence-corrected chi connectivity index (χ2v) is 8.32. The molecule has 0 unspecified atom stereocenters. The molecule has 0 atom stereocenters. The van der Waals surface area contributed by atoms with Crippen LogP contribution >= 0.6 is 11.8 Å². The summed E-state index contributed by atoms with van der Waals surface area (Å²) in [5.74, 6) is 0.689. The summed E-state index contributed by atoms with van der Waals surface area (Å²) in [6.07, 6.45) is 3.88. The molecule has 0 amide bonds. The number of methoxy groups -OCH3 is 1. The van der Waals surface area contributed by atoms with Gasteiger partial charge in [0.2, 0.25) is 0 Å². The minimum absolute atomic E-state index is 0.170. The van der Waals surface area contributed by atoms with Gasteiger partial charge in [-0.25, -0.2) is 4.52 Å². The Morgan fingerprint density at radius 1 is 1.17 bits per heavy atom. The lowest BCUT2D eigenvalue weighted by atomic mass is 10.1. The fraction of sp³-hybridized carbons (Fsp3) is 0.278. The Bertz CT molecular complexity index is 849. The number of hydrogen-bond acceptors (Lipinski definition) is 4. The van der Waals surface area contributed by atoms with Gasteiger partial charge in [0.25, 0.3) is 0 Å². The van der Waals surface area contributed by atoms with Crippen LogP contribution < -0.4 is 10.5 Å². The van der Waals surface area contributed by atoms with Crippen LogP contribution in [0.3, 0.4) is 0 Å². The van der Waals surface area contributed by atoms with E-state index in [1.165, 1.54) is 4.90 Å². The molecule has 23 heavy (non-hydrogen) atoms. The monoisotopic (exact) mass is 327 g/mol. The Morgan fingerprint density at radius 2 is 1.96 bits per heavy atom. The predicted molar refractivity (Wildman–Crippen MR) is 97.2 cm³/mol. The van der Waals surface area contributed by atoms with E-state index >= 15 is 0 Å². The molecule has 0 radical (unpaired) electrons. The minimum atomic E-state index is 0.170. The van der Waals surface area contributed by atoms with Gasteiger partial charge in [0, 0.05) is 21.4 Å². The summed E-state index contributed by atoms with van der Waals surface area (Å²) in [4.78, 5) is 1.23. The highest BCUT2D eigenvalue weighted by atomic mass is 32.2. The largest absolute Gasteiger partial charge is 0.495 e. The first-order chi connectivity index (χ1) is 10.9. The van der Waals surface area contributed by atoms with Crippen molar-refractivity contribution < 1.29 is 4.74 Å². The third kappa shape index (κ3) is 3.29. The minimum Gasteiger partial charge on any atom is -0.495 e. The number of ether oxygens (including phenoxy) is 1. The molecule has 0 spiro atoms. The zero-order chi connectivity index (χ0) is 16.6. The van der Waals surface area contributed by atoms with Gasteiger partial charge < -0.3 is 10.5 Å². The summed E-state index contributed by atoms with van der Waals surface area (Å²) >= 11 is 1.85. The van der Waals surface area contributed by atoms with Crippen molar-refractivity contribution in [3.05, 3.63) is 42.7 Å². The second kappa shape index (κ2) is 5.81. The summed E-state index contributed by atoms with van der Waals surface area (Å²) in [6.45, 7) is 6.63. The fourth-order valence-corrected chi connectivity index (χ4v) is 3.51. The van der Waals surface area contributed by atoms with Crippen LogP contribution in [0.2, 0.25) is 0 Å². The van der Waals surface area contributed by atoms with Crippen LogP contribution in [-0.2, 0) is 0 Å². The van der Waals surface area contributed by atoms with Crippen LogP contribution in [0.25, 0.3) is 16.6 Å². The SMILES string of the molecule is COc1ccc(-c2cnn3ccc(SC(C)(C)C)cc23)cc1N. The number of fused-ring (bicyclic) bond motifs is 1. The van der Waals surface area contributed by atoms with Crippen molar-refractivity contribution in [2.75, 3.05) is 12.8 Å². The highest BCUT2D eigenvalue weighted by Gasteiger charge is 2.14. The van der Waals surface area contributed by atoms with Crippen LogP contribution in [0, 0.1) is 0 Å². The van der Waals surface area contributed by atoms with Gasteiger partial charge in [-0.2, -0.15) is 5.10 Å². The summed E-state index contributed by atoms with van der Waals surface area (Å²) in [7, 11) is 1.62. The molecule has 2 N–H and O–H groups in total.